The molecule has 1 aliphatic carbocycles. The number of fused-ring (bicyclic) bond motifs is 3. The summed E-state index contributed by atoms with van der Waals surface area (Å²) >= 11 is 0. The fraction of sp³-hybridized carbons (Fsp3) is 0.409. The minimum absolute atomic E-state index is 0.0150. The molecule has 3 unspecified atom stereocenters. The maximum atomic E-state index is 13.4. The second-order valence-corrected chi connectivity index (χ2v) is 8.22. The molecular weight excluding hydrogens is 373 g/mol. The third-order valence-electron chi connectivity index (χ3n) is 6.36. The summed E-state index contributed by atoms with van der Waals surface area (Å²) in [5, 5.41) is 4.06. The lowest BCUT2D eigenvalue weighted by atomic mass is 9.89. The molecule has 3 aliphatic heterocycles. The Morgan fingerprint density at radius 2 is 1.76 bits per heavy atom. The summed E-state index contributed by atoms with van der Waals surface area (Å²) in [4.78, 5) is 29.9. The first-order chi connectivity index (χ1) is 13.9. The van der Waals surface area contributed by atoms with E-state index in [1.165, 1.54) is 12.1 Å². The summed E-state index contributed by atoms with van der Waals surface area (Å²) in [6.45, 7) is 6.70. The van der Waals surface area contributed by atoms with Crippen molar-refractivity contribution < 1.29 is 18.5 Å². The van der Waals surface area contributed by atoms with Crippen molar-refractivity contribution in [3.05, 3.63) is 53.6 Å². The Kier molecular flexibility index (Phi) is 4.08. The lowest BCUT2D eigenvalue weighted by Crippen LogP contribution is -2.65. The third-order valence-corrected chi connectivity index (χ3v) is 6.36. The highest BCUT2D eigenvalue weighted by molar-refractivity contribution is 6.01. The third kappa shape index (κ3) is 2.96. The maximum absolute atomic E-state index is 13.4. The molecule has 7 heteroatoms. The molecule has 3 saturated heterocycles. The van der Waals surface area contributed by atoms with Gasteiger partial charge in [0.1, 0.15) is 22.8 Å². The second kappa shape index (κ2) is 6.54. The van der Waals surface area contributed by atoms with Gasteiger partial charge in [-0.05, 0) is 50.5 Å². The number of benzene rings is 1. The number of nitrogens with zero attached hydrogens (tertiary/aromatic N) is 3. The SMILES string of the molecule is C=C1CC1C(=O)N1CC2CCC1CN2C(=O)c1c(-c2ccc(F)cc2)noc1C. The zero-order valence-electron chi connectivity index (χ0n) is 16.2. The summed E-state index contributed by atoms with van der Waals surface area (Å²) in [7, 11) is 0. The van der Waals surface area contributed by atoms with E-state index in [1.807, 2.05) is 9.80 Å². The predicted molar refractivity (Wildman–Crippen MR) is 103 cm³/mol. The van der Waals surface area contributed by atoms with E-state index in [-0.39, 0.29) is 35.6 Å². The normalized spacial score (nSPS) is 25.4. The van der Waals surface area contributed by atoms with Gasteiger partial charge < -0.3 is 14.3 Å². The standard InChI is InChI=1S/C22H22FN3O3/c1-12-9-18(12)21(27)25-10-17-8-7-16(25)11-26(17)22(28)19-13(2)29-24-20(19)14-3-5-15(23)6-4-14/h3-6,16-18H,1,7-11H2,2H3. The van der Waals surface area contributed by atoms with Gasteiger partial charge in [-0.15, -0.1) is 0 Å². The van der Waals surface area contributed by atoms with Crippen molar-refractivity contribution in [2.24, 2.45) is 5.92 Å². The Bertz CT molecular complexity index is 1010. The van der Waals surface area contributed by atoms with Crippen molar-refractivity contribution in [3.63, 3.8) is 0 Å². The van der Waals surface area contributed by atoms with Gasteiger partial charge in [0.25, 0.3) is 5.91 Å². The van der Waals surface area contributed by atoms with E-state index in [1.54, 1.807) is 19.1 Å². The fourth-order valence-corrected chi connectivity index (χ4v) is 4.58. The van der Waals surface area contributed by atoms with Gasteiger partial charge in [0.05, 0.1) is 5.92 Å². The van der Waals surface area contributed by atoms with Crippen LogP contribution in [-0.4, -0.2) is 51.9 Å². The summed E-state index contributed by atoms with van der Waals surface area (Å²) in [6, 6.07) is 5.89. The molecule has 150 valence electrons. The van der Waals surface area contributed by atoms with E-state index in [4.69, 9.17) is 4.52 Å². The molecule has 6 rings (SSSR count). The lowest BCUT2D eigenvalue weighted by molar-refractivity contribution is -0.141. The number of hydrogen-bond donors (Lipinski definition) is 0. The molecule has 1 aromatic carbocycles. The Labute approximate surface area is 167 Å². The van der Waals surface area contributed by atoms with Crippen LogP contribution in [0.5, 0.6) is 0 Å². The number of aryl methyl sites for hydroxylation is 1. The number of aromatic nitrogens is 1. The van der Waals surface area contributed by atoms with Crippen LogP contribution in [-0.2, 0) is 4.79 Å². The van der Waals surface area contributed by atoms with Gasteiger partial charge in [0.2, 0.25) is 5.91 Å². The average Bonchev–Trinajstić information content (AvgIpc) is 3.35. The Morgan fingerprint density at radius 3 is 2.34 bits per heavy atom. The minimum atomic E-state index is -0.349. The average molecular weight is 395 g/mol. The number of rotatable bonds is 3. The molecule has 2 aromatic rings. The fourth-order valence-electron chi connectivity index (χ4n) is 4.58. The highest BCUT2D eigenvalue weighted by Gasteiger charge is 2.48. The van der Waals surface area contributed by atoms with Crippen LogP contribution in [0.25, 0.3) is 11.3 Å². The molecule has 0 N–H and O–H groups in total. The van der Waals surface area contributed by atoms with Gasteiger partial charge in [-0.2, -0.15) is 0 Å². The van der Waals surface area contributed by atoms with Gasteiger partial charge in [-0.25, -0.2) is 4.39 Å². The van der Waals surface area contributed by atoms with Crippen LogP contribution < -0.4 is 0 Å². The number of halogens is 1. The van der Waals surface area contributed by atoms with Crippen LogP contribution in [0.3, 0.4) is 0 Å². The van der Waals surface area contributed by atoms with Crippen molar-refractivity contribution in [3.8, 4) is 11.3 Å². The first-order valence-corrected chi connectivity index (χ1v) is 9.95. The molecule has 2 bridgehead atoms. The number of piperidine rings is 2. The molecule has 3 atom stereocenters. The zero-order valence-corrected chi connectivity index (χ0v) is 16.2. The first-order valence-electron chi connectivity index (χ1n) is 9.95. The quantitative estimate of drug-likeness (QED) is 0.749. The van der Waals surface area contributed by atoms with Gasteiger partial charge in [0, 0.05) is 30.7 Å². The molecule has 4 fully saturated rings. The van der Waals surface area contributed by atoms with Gasteiger partial charge in [-0.3, -0.25) is 9.59 Å². The number of carbonyl (C=O) groups is 2. The molecule has 29 heavy (non-hydrogen) atoms. The smallest absolute Gasteiger partial charge is 0.260 e. The van der Waals surface area contributed by atoms with Crippen LogP contribution in [0.1, 0.15) is 35.4 Å². The van der Waals surface area contributed by atoms with Crippen LogP contribution in [0.15, 0.2) is 40.9 Å². The Hall–Kier alpha value is -2.96. The predicted octanol–water partition coefficient (Wildman–Crippen LogP) is 3.18. The Morgan fingerprint density at radius 1 is 1.14 bits per heavy atom. The summed E-state index contributed by atoms with van der Waals surface area (Å²) < 4.78 is 18.6. The van der Waals surface area contributed by atoms with E-state index >= 15 is 0 Å². The molecule has 0 radical (unpaired) electrons. The molecule has 6 nitrogen and oxygen atoms in total. The highest BCUT2D eigenvalue weighted by atomic mass is 19.1. The zero-order chi connectivity index (χ0) is 20.3. The van der Waals surface area contributed by atoms with Crippen molar-refractivity contribution in [2.45, 2.75) is 38.3 Å². The molecule has 2 amide bonds. The molecule has 4 aliphatic rings. The Balaban J connectivity index is 1.40. The number of amides is 2. The van der Waals surface area contributed by atoms with Crippen LogP contribution >= 0.6 is 0 Å². The number of hydrogen-bond acceptors (Lipinski definition) is 4. The van der Waals surface area contributed by atoms with Gasteiger partial charge in [-0.1, -0.05) is 17.3 Å². The van der Waals surface area contributed by atoms with E-state index in [2.05, 4.69) is 11.7 Å². The number of carbonyl (C=O) groups excluding carboxylic acids is 2. The largest absolute Gasteiger partial charge is 0.360 e. The summed E-state index contributed by atoms with van der Waals surface area (Å²) in [5.74, 6) is 0.0887. The molecule has 1 aromatic heterocycles. The van der Waals surface area contributed by atoms with Crippen LogP contribution in [0.2, 0.25) is 0 Å². The molecular formula is C22H22FN3O3. The first kappa shape index (κ1) is 18.1. The topological polar surface area (TPSA) is 66.7 Å². The summed E-state index contributed by atoms with van der Waals surface area (Å²) in [6.07, 6.45) is 2.57. The van der Waals surface area contributed by atoms with E-state index < -0.39 is 0 Å². The van der Waals surface area contributed by atoms with E-state index in [0.717, 1.165) is 24.8 Å². The second-order valence-electron chi connectivity index (χ2n) is 8.22. The molecule has 4 heterocycles. The van der Waals surface area contributed by atoms with Crippen molar-refractivity contribution in [1.82, 2.24) is 15.0 Å². The van der Waals surface area contributed by atoms with E-state index in [0.29, 0.717) is 35.7 Å². The molecule has 0 spiro atoms. The summed E-state index contributed by atoms with van der Waals surface area (Å²) in [5.41, 5.74) is 2.49. The van der Waals surface area contributed by atoms with Crippen molar-refractivity contribution in [1.29, 1.82) is 0 Å². The lowest BCUT2D eigenvalue weighted by Gasteiger charge is -2.51. The van der Waals surface area contributed by atoms with Crippen molar-refractivity contribution >= 4 is 11.8 Å². The van der Waals surface area contributed by atoms with Crippen LogP contribution in [0.4, 0.5) is 4.39 Å². The maximum Gasteiger partial charge on any atom is 0.260 e. The van der Waals surface area contributed by atoms with Gasteiger partial charge >= 0.3 is 0 Å². The number of piperazine rings is 1. The van der Waals surface area contributed by atoms with Crippen molar-refractivity contribution in [2.75, 3.05) is 13.1 Å². The van der Waals surface area contributed by atoms with E-state index in [9.17, 15) is 14.0 Å². The monoisotopic (exact) mass is 395 g/mol. The molecule has 1 saturated carbocycles. The van der Waals surface area contributed by atoms with Crippen LogP contribution in [0, 0.1) is 18.7 Å². The highest BCUT2D eigenvalue weighted by Crippen LogP contribution is 2.40. The van der Waals surface area contributed by atoms with Gasteiger partial charge in [0.15, 0.2) is 0 Å². The minimum Gasteiger partial charge on any atom is -0.360 e.